The zero-order valence-electron chi connectivity index (χ0n) is 36.0. The van der Waals surface area contributed by atoms with Crippen molar-refractivity contribution >= 4 is 65.2 Å². The Morgan fingerprint density at radius 3 is 1.77 bits per heavy atom. The lowest BCUT2D eigenvalue weighted by atomic mass is 10.1. The zero-order chi connectivity index (χ0) is 46.9. The fraction of sp³-hybridized carbons (Fsp3) is 0.658. The lowest BCUT2D eigenvalue weighted by Crippen LogP contribution is -2.58. The molecule has 6 unspecified atom stereocenters. The molecular weight excluding hydrogens is 808 g/mol. The molecule has 9 N–H and O–H groups in total. The number of hydrogen-bond acceptors (Lipinski definition) is 16. The van der Waals surface area contributed by atoms with E-state index in [2.05, 4.69) is 53.3 Å². The highest BCUT2D eigenvalue weighted by Crippen LogP contribution is 2.07. The number of esters is 3. The van der Waals surface area contributed by atoms with E-state index in [1.54, 1.807) is 27.7 Å². The Morgan fingerprint density at radius 2 is 1.25 bits per heavy atom. The molecule has 23 nitrogen and oxygen atoms in total. The Hall–Kier alpha value is -6.13. The van der Waals surface area contributed by atoms with Gasteiger partial charge in [0.1, 0.15) is 48.2 Å². The van der Waals surface area contributed by atoms with Crippen molar-refractivity contribution in [3.63, 3.8) is 0 Å². The number of methoxy groups -OCH3 is 2. The van der Waals surface area contributed by atoms with E-state index in [1.807, 2.05) is 0 Å². The largest absolute Gasteiger partial charge is 0.469 e. The first kappa shape index (κ1) is 54.9. The van der Waals surface area contributed by atoms with Crippen LogP contribution < -0.4 is 43.0 Å². The fourth-order valence-electron chi connectivity index (χ4n) is 4.83. The highest BCUT2D eigenvalue weighted by atomic mass is 16.6. The molecule has 0 aromatic rings. The molecule has 344 valence electrons. The van der Waals surface area contributed by atoms with Gasteiger partial charge in [0.15, 0.2) is 0 Å². The normalized spacial score (nSPS) is 13.7. The molecule has 6 atom stereocenters. The van der Waals surface area contributed by atoms with Gasteiger partial charge in [0.25, 0.3) is 0 Å². The Balaban J connectivity index is 5.58. The predicted octanol–water partition coefficient (Wildman–Crippen LogP) is -2.19. The number of hydrogen-bond donors (Lipinski definition) is 8. The van der Waals surface area contributed by atoms with Crippen LogP contribution >= 0.6 is 0 Å². The van der Waals surface area contributed by atoms with E-state index >= 15 is 0 Å². The number of carbonyl (C=O) groups is 11. The molecule has 61 heavy (non-hydrogen) atoms. The number of ketones is 1. The molecule has 0 rings (SSSR count). The topological polar surface area (TPSA) is 335 Å². The van der Waals surface area contributed by atoms with Gasteiger partial charge >= 0.3 is 24.0 Å². The van der Waals surface area contributed by atoms with Gasteiger partial charge in [-0.1, -0.05) is 19.6 Å². The van der Waals surface area contributed by atoms with Crippen molar-refractivity contribution in [3.05, 3.63) is 12.7 Å². The number of ether oxygens (including phenoxy) is 4. The number of alkyl carbamates (subject to hydrolysis) is 1. The third kappa shape index (κ3) is 23.9. The first-order valence-corrected chi connectivity index (χ1v) is 19.4. The number of Topliss-reactive ketones (excluding diaryl/α,β-unsaturated/α-hetero) is 1. The Kier molecular flexibility index (Phi) is 25.5. The van der Waals surface area contributed by atoms with Crippen molar-refractivity contribution in [2.75, 3.05) is 33.9 Å². The van der Waals surface area contributed by atoms with Crippen LogP contribution in [0.1, 0.15) is 86.5 Å². The second-order valence-corrected chi connectivity index (χ2v) is 14.6. The molecular formula is C38H62N8O15. The summed E-state index contributed by atoms with van der Waals surface area (Å²) in [5.41, 5.74) is 5.25. The van der Waals surface area contributed by atoms with Crippen LogP contribution in [0.2, 0.25) is 0 Å². The Labute approximate surface area is 354 Å². The van der Waals surface area contributed by atoms with Crippen molar-refractivity contribution in [1.82, 2.24) is 37.2 Å². The first-order chi connectivity index (χ1) is 28.5. The van der Waals surface area contributed by atoms with E-state index in [9.17, 15) is 52.7 Å². The van der Waals surface area contributed by atoms with Crippen molar-refractivity contribution < 1.29 is 71.7 Å². The van der Waals surface area contributed by atoms with E-state index in [0.29, 0.717) is 0 Å². The Bertz CT molecular complexity index is 1580. The molecule has 0 saturated heterocycles. The molecule has 0 heterocycles. The molecule has 0 saturated carbocycles. The monoisotopic (exact) mass is 870 g/mol. The van der Waals surface area contributed by atoms with Gasteiger partial charge in [0, 0.05) is 13.0 Å². The molecule has 0 bridgehead atoms. The molecule has 23 heteroatoms. The van der Waals surface area contributed by atoms with Crippen LogP contribution in [0.15, 0.2) is 12.7 Å². The van der Waals surface area contributed by atoms with Crippen LogP contribution in [-0.4, -0.2) is 141 Å². The van der Waals surface area contributed by atoms with Gasteiger partial charge in [-0.3, -0.25) is 38.4 Å². The molecule has 7 amide bonds. The Morgan fingerprint density at radius 1 is 0.705 bits per heavy atom. The van der Waals surface area contributed by atoms with Gasteiger partial charge < -0.3 is 66.7 Å². The lowest BCUT2D eigenvalue weighted by molar-refractivity contribution is -0.147. The van der Waals surface area contributed by atoms with Crippen LogP contribution in [0, 0.1) is 0 Å². The van der Waals surface area contributed by atoms with Gasteiger partial charge in [-0.25, -0.2) is 9.59 Å². The average molecular weight is 871 g/mol. The molecule has 0 aromatic carbocycles. The second kappa shape index (κ2) is 28.4. The summed E-state index contributed by atoms with van der Waals surface area (Å²) in [7, 11) is 2.08. The van der Waals surface area contributed by atoms with E-state index < -0.39 is 121 Å². The van der Waals surface area contributed by atoms with Gasteiger partial charge in [-0.15, -0.1) is 0 Å². The number of rotatable bonds is 27. The number of amides is 7. The van der Waals surface area contributed by atoms with Gasteiger partial charge in [0.2, 0.25) is 35.4 Å². The van der Waals surface area contributed by atoms with E-state index in [1.165, 1.54) is 19.9 Å². The van der Waals surface area contributed by atoms with E-state index in [0.717, 1.165) is 14.2 Å². The van der Waals surface area contributed by atoms with Crippen molar-refractivity contribution in [1.29, 1.82) is 0 Å². The minimum absolute atomic E-state index is 0.0403. The minimum atomic E-state index is -1.64. The van der Waals surface area contributed by atoms with Crippen molar-refractivity contribution in [2.45, 2.75) is 128 Å². The number of nitrogens with two attached hydrogens (primary N) is 1. The van der Waals surface area contributed by atoms with Crippen LogP contribution in [0.5, 0.6) is 0 Å². The summed E-state index contributed by atoms with van der Waals surface area (Å²) in [6.45, 7) is 11.8. The maximum atomic E-state index is 13.2. The van der Waals surface area contributed by atoms with Crippen LogP contribution in [0.3, 0.4) is 0 Å². The average Bonchev–Trinajstić information content (AvgIpc) is 3.19. The summed E-state index contributed by atoms with van der Waals surface area (Å²) < 4.78 is 19.4. The molecule has 0 aliphatic heterocycles. The van der Waals surface area contributed by atoms with Crippen molar-refractivity contribution in [2.24, 2.45) is 5.73 Å². The number of carbonyl (C=O) groups excluding carboxylic acids is 11. The second-order valence-electron chi connectivity index (χ2n) is 14.6. The van der Waals surface area contributed by atoms with Crippen LogP contribution in [-0.2, 0) is 66.9 Å². The molecule has 0 aliphatic rings. The first-order valence-electron chi connectivity index (χ1n) is 19.4. The highest BCUT2D eigenvalue weighted by molar-refractivity contribution is 5.98. The van der Waals surface area contributed by atoms with Crippen LogP contribution in [0.25, 0.3) is 0 Å². The van der Waals surface area contributed by atoms with Crippen LogP contribution in [0.4, 0.5) is 4.79 Å². The third-order valence-corrected chi connectivity index (χ3v) is 8.12. The van der Waals surface area contributed by atoms with E-state index in [4.69, 9.17) is 15.2 Å². The maximum absolute atomic E-state index is 13.2. The molecule has 0 radical (unpaired) electrons. The molecule has 0 spiro atoms. The molecule has 0 aromatic heterocycles. The minimum Gasteiger partial charge on any atom is -0.469 e. The van der Waals surface area contributed by atoms with Gasteiger partial charge in [-0.2, -0.15) is 0 Å². The molecule has 0 aliphatic carbocycles. The van der Waals surface area contributed by atoms with E-state index in [-0.39, 0.29) is 51.0 Å². The third-order valence-electron chi connectivity index (χ3n) is 8.12. The molecule has 0 fully saturated rings. The summed E-state index contributed by atoms with van der Waals surface area (Å²) in [5, 5.41) is 16.5. The summed E-state index contributed by atoms with van der Waals surface area (Å²) in [6, 6.07) is -8.22. The van der Waals surface area contributed by atoms with Gasteiger partial charge in [-0.05, 0) is 60.3 Å². The smallest absolute Gasteiger partial charge is 0.407 e. The highest BCUT2D eigenvalue weighted by Gasteiger charge is 2.32. The van der Waals surface area contributed by atoms with Crippen molar-refractivity contribution in [3.8, 4) is 0 Å². The summed E-state index contributed by atoms with van der Waals surface area (Å²) >= 11 is 0. The zero-order valence-corrected chi connectivity index (χ0v) is 36.0. The summed E-state index contributed by atoms with van der Waals surface area (Å²) in [6.07, 6.45) is -0.468. The number of nitrogens with one attached hydrogen (secondary N) is 7. The summed E-state index contributed by atoms with van der Waals surface area (Å²) in [4.78, 5) is 138. The standard InChI is InChI=1S/C38H62N8O15/c1-10-17-60-36(56)25(15-14-21(3)47)44-34(54)24(11-2)43-28(48)20-41-33(53)26(18-29(49)58-8)45-31(51)22(4)42-35(55)27(19-30(50)59-9)46-32(52)23(39)13-12-16-40-37(57)61-38(5,6)7/h10,22-27H,1,11-20,39H2,2-9H3,(H,40,57)(H,41,53)(H,42,55)(H,43,48)(H,44,54)(H,45,51)(H,46,52). The lowest BCUT2D eigenvalue weighted by Gasteiger charge is -2.24. The maximum Gasteiger partial charge on any atom is 0.407 e. The fourth-order valence-corrected chi connectivity index (χ4v) is 4.83. The quantitative estimate of drug-likeness (QED) is 0.0188. The van der Waals surface area contributed by atoms with Gasteiger partial charge in [0.05, 0.1) is 39.6 Å². The predicted molar refractivity (Wildman–Crippen MR) is 214 cm³/mol. The summed E-state index contributed by atoms with van der Waals surface area (Å²) in [5.74, 6) is -8.42. The SMILES string of the molecule is C=CCOC(=O)C(CCC(C)=O)NC(=O)C(CC)NC(=O)CNC(=O)C(CC(=O)OC)NC(=O)C(C)NC(=O)C(CC(=O)OC)NC(=O)C(N)CCCNC(=O)OC(C)(C)C.